The van der Waals surface area contributed by atoms with E-state index in [-0.39, 0.29) is 24.2 Å². The maximum atomic E-state index is 12.7. The Bertz CT molecular complexity index is 808. The van der Waals surface area contributed by atoms with E-state index in [0.29, 0.717) is 12.2 Å². The normalized spacial score (nSPS) is 16.5. The number of carbonyl (C=O) groups excluding carboxylic acids is 2. The lowest BCUT2D eigenvalue weighted by Gasteiger charge is -2.23. The second-order valence-electron chi connectivity index (χ2n) is 6.76. The maximum absolute atomic E-state index is 12.7. The lowest BCUT2D eigenvalue weighted by molar-refractivity contribution is -0.122. The number of methoxy groups -OCH3 is 1. The van der Waals surface area contributed by atoms with Crippen molar-refractivity contribution in [1.29, 1.82) is 0 Å². The molecule has 2 aromatic carbocycles. The second kappa shape index (κ2) is 8.25. The van der Waals surface area contributed by atoms with Gasteiger partial charge in [-0.25, -0.2) is 0 Å². The van der Waals surface area contributed by atoms with Crippen LogP contribution in [0.25, 0.3) is 0 Å². The molecule has 5 nitrogen and oxygen atoms in total. The molecule has 2 amide bonds. The van der Waals surface area contributed by atoms with Crippen molar-refractivity contribution in [2.24, 2.45) is 5.92 Å². The van der Waals surface area contributed by atoms with Gasteiger partial charge in [0, 0.05) is 24.3 Å². The molecule has 5 heteroatoms. The topological polar surface area (TPSA) is 58.6 Å². The highest BCUT2D eigenvalue weighted by molar-refractivity contribution is 6.04. The van der Waals surface area contributed by atoms with Crippen LogP contribution < -0.4 is 15.0 Å². The fraction of sp³-hybridized carbons (Fsp3) is 0.364. The number of carbonyl (C=O) groups is 2. The number of amides is 2. The molecule has 1 fully saturated rings. The number of hydrogen-bond donors (Lipinski definition) is 1. The summed E-state index contributed by atoms with van der Waals surface area (Å²) >= 11 is 0. The molecule has 1 aliphatic heterocycles. The molecule has 27 heavy (non-hydrogen) atoms. The van der Waals surface area contributed by atoms with Crippen LogP contribution in [0.5, 0.6) is 5.75 Å². The Kier molecular flexibility index (Phi) is 5.79. The molecular weight excluding hydrogens is 340 g/mol. The van der Waals surface area contributed by atoms with Gasteiger partial charge in [-0.2, -0.15) is 0 Å². The molecule has 1 heterocycles. The van der Waals surface area contributed by atoms with E-state index in [1.807, 2.05) is 6.07 Å². The van der Waals surface area contributed by atoms with Gasteiger partial charge >= 0.3 is 0 Å². The van der Waals surface area contributed by atoms with Crippen LogP contribution in [0.1, 0.15) is 31.4 Å². The van der Waals surface area contributed by atoms with Gasteiger partial charge in [-0.05, 0) is 48.2 Å². The number of nitrogens with one attached hydrogen (secondary N) is 1. The number of nitrogens with zero attached hydrogens (tertiary/aromatic N) is 1. The van der Waals surface area contributed by atoms with Gasteiger partial charge in [-0.1, -0.05) is 32.0 Å². The predicted octanol–water partition coefficient (Wildman–Crippen LogP) is 3.81. The van der Waals surface area contributed by atoms with Crippen molar-refractivity contribution in [2.45, 2.75) is 33.1 Å². The largest absolute Gasteiger partial charge is 0.497 e. The van der Waals surface area contributed by atoms with Gasteiger partial charge in [0.25, 0.3) is 0 Å². The fourth-order valence-corrected chi connectivity index (χ4v) is 3.58. The fourth-order valence-electron chi connectivity index (χ4n) is 3.58. The Hall–Kier alpha value is -2.82. The Morgan fingerprint density at radius 1 is 1.11 bits per heavy atom. The maximum Gasteiger partial charge on any atom is 0.229 e. The van der Waals surface area contributed by atoms with Crippen LogP contribution in [0.4, 0.5) is 11.4 Å². The Labute approximate surface area is 160 Å². The lowest BCUT2D eigenvalue weighted by Crippen LogP contribution is -2.29. The first-order chi connectivity index (χ1) is 13.1. The third-order valence-electron chi connectivity index (χ3n) is 5.09. The van der Waals surface area contributed by atoms with Crippen molar-refractivity contribution in [3.63, 3.8) is 0 Å². The van der Waals surface area contributed by atoms with E-state index in [1.54, 1.807) is 36.3 Å². The molecule has 1 aliphatic rings. The van der Waals surface area contributed by atoms with E-state index in [2.05, 4.69) is 31.3 Å². The number of rotatable bonds is 6. The monoisotopic (exact) mass is 366 g/mol. The van der Waals surface area contributed by atoms with Crippen LogP contribution in [0.3, 0.4) is 0 Å². The molecule has 2 aromatic rings. The highest BCUT2D eigenvalue weighted by Crippen LogP contribution is 2.32. The van der Waals surface area contributed by atoms with Crippen molar-refractivity contribution in [3.05, 3.63) is 53.6 Å². The van der Waals surface area contributed by atoms with Crippen LogP contribution in [-0.4, -0.2) is 25.5 Å². The quantitative estimate of drug-likeness (QED) is 0.846. The van der Waals surface area contributed by atoms with Crippen molar-refractivity contribution >= 4 is 23.2 Å². The van der Waals surface area contributed by atoms with Gasteiger partial charge in [0.05, 0.1) is 13.0 Å². The predicted molar refractivity (Wildman–Crippen MR) is 107 cm³/mol. The zero-order valence-electron chi connectivity index (χ0n) is 16.1. The van der Waals surface area contributed by atoms with Crippen molar-refractivity contribution in [2.75, 3.05) is 23.9 Å². The first-order valence-corrected chi connectivity index (χ1v) is 9.43. The number of ether oxygens (including phenoxy) is 1. The summed E-state index contributed by atoms with van der Waals surface area (Å²) in [4.78, 5) is 27.2. The van der Waals surface area contributed by atoms with E-state index in [0.717, 1.165) is 35.4 Å². The molecule has 1 saturated heterocycles. The van der Waals surface area contributed by atoms with Crippen LogP contribution in [0, 0.1) is 5.92 Å². The van der Waals surface area contributed by atoms with Crippen molar-refractivity contribution < 1.29 is 14.3 Å². The van der Waals surface area contributed by atoms with Gasteiger partial charge in [-0.3, -0.25) is 9.59 Å². The van der Waals surface area contributed by atoms with Crippen LogP contribution in [0.15, 0.2) is 42.5 Å². The summed E-state index contributed by atoms with van der Waals surface area (Å²) in [6, 6.07) is 13.4. The third kappa shape index (κ3) is 3.97. The average Bonchev–Trinajstić information content (AvgIpc) is 3.09. The number of anilines is 2. The number of para-hydroxylation sites is 1. The van der Waals surface area contributed by atoms with E-state index in [9.17, 15) is 9.59 Å². The first kappa shape index (κ1) is 19.0. The smallest absolute Gasteiger partial charge is 0.229 e. The molecule has 0 aromatic heterocycles. The summed E-state index contributed by atoms with van der Waals surface area (Å²) in [6.07, 6.45) is 1.95. The lowest BCUT2D eigenvalue weighted by atomic mass is 10.0. The second-order valence-corrected chi connectivity index (χ2v) is 6.76. The van der Waals surface area contributed by atoms with Crippen LogP contribution in [0.2, 0.25) is 0 Å². The number of benzene rings is 2. The molecular formula is C22H26N2O3. The van der Waals surface area contributed by atoms with Gasteiger partial charge in [0.15, 0.2) is 0 Å². The number of hydrogen-bond acceptors (Lipinski definition) is 3. The minimum absolute atomic E-state index is 0.0143. The molecule has 0 bridgehead atoms. The Morgan fingerprint density at radius 2 is 1.74 bits per heavy atom. The standard InChI is InChI=1S/C22H26N2O3/c1-4-15-7-6-8-16(5-2)21(15)24-14-17(13-20(24)25)22(26)23-18-9-11-19(27-3)12-10-18/h6-12,17H,4-5,13-14H2,1-3H3,(H,23,26)/t17-/m0/s1. The minimum Gasteiger partial charge on any atom is -0.497 e. The molecule has 0 unspecified atom stereocenters. The molecule has 1 atom stereocenters. The van der Waals surface area contributed by atoms with Gasteiger partial charge in [0.2, 0.25) is 11.8 Å². The minimum atomic E-state index is -0.353. The first-order valence-electron chi connectivity index (χ1n) is 9.43. The van der Waals surface area contributed by atoms with Crippen molar-refractivity contribution in [3.8, 4) is 5.75 Å². The van der Waals surface area contributed by atoms with E-state index in [4.69, 9.17) is 4.74 Å². The molecule has 0 spiro atoms. The van der Waals surface area contributed by atoms with Crippen LogP contribution >= 0.6 is 0 Å². The van der Waals surface area contributed by atoms with Gasteiger partial charge in [0.1, 0.15) is 5.75 Å². The molecule has 1 N–H and O–H groups in total. The zero-order chi connectivity index (χ0) is 19.4. The van der Waals surface area contributed by atoms with Crippen molar-refractivity contribution in [1.82, 2.24) is 0 Å². The third-order valence-corrected chi connectivity index (χ3v) is 5.09. The zero-order valence-corrected chi connectivity index (χ0v) is 16.1. The Morgan fingerprint density at radius 3 is 2.30 bits per heavy atom. The molecule has 142 valence electrons. The van der Waals surface area contributed by atoms with Gasteiger partial charge in [-0.15, -0.1) is 0 Å². The highest BCUT2D eigenvalue weighted by Gasteiger charge is 2.36. The Balaban J connectivity index is 1.76. The van der Waals surface area contributed by atoms with Gasteiger partial charge < -0.3 is 15.0 Å². The number of aryl methyl sites for hydroxylation is 2. The SMILES string of the molecule is CCc1cccc(CC)c1N1C[C@@H](C(=O)Nc2ccc(OC)cc2)CC1=O. The summed E-state index contributed by atoms with van der Waals surface area (Å²) in [5.41, 5.74) is 4.00. The van der Waals surface area contributed by atoms with E-state index < -0.39 is 0 Å². The average molecular weight is 366 g/mol. The van der Waals surface area contributed by atoms with E-state index in [1.165, 1.54) is 0 Å². The van der Waals surface area contributed by atoms with E-state index >= 15 is 0 Å². The summed E-state index contributed by atoms with van der Waals surface area (Å²) in [5.74, 6) is 0.274. The molecule has 3 rings (SSSR count). The van der Waals surface area contributed by atoms with Crippen LogP contribution in [-0.2, 0) is 22.4 Å². The summed E-state index contributed by atoms with van der Waals surface area (Å²) in [7, 11) is 1.60. The summed E-state index contributed by atoms with van der Waals surface area (Å²) < 4.78 is 5.13. The molecule has 0 saturated carbocycles. The molecule has 0 radical (unpaired) electrons. The molecule has 0 aliphatic carbocycles. The summed E-state index contributed by atoms with van der Waals surface area (Å²) in [5, 5.41) is 2.91. The highest BCUT2D eigenvalue weighted by atomic mass is 16.5. The summed E-state index contributed by atoms with van der Waals surface area (Å²) in [6.45, 7) is 4.60.